The van der Waals surface area contributed by atoms with E-state index in [1.165, 1.54) is 12.8 Å². The average molecular weight is 259 g/mol. The van der Waals surface area contributed by atoms with Crippen LogP contribution in [0.15, 0.2) is 0 Å². The molecule has 0 amide bonds. The summed E-state index contributed by atoms with van der Waals surface area (Å²) in [5.74, 6) is 0.912. The Morgan fingerprint density at radius 2 is 1.71 bits per heavy atom. The molecule has 1 saturated carbocycles. The highest BCUT2D eigenvalue weighted by atomic mass is 32.2. The van der Waals surface area contributed by atoms with Crippen LogP contribution in [0, 0.1) is 5.41 Å². The molecule has 3 nitrogen and oxygen atoms in total. The van der Waals surface area contributed by atoms with Gasteiger partial charge in [-0.1, -0.05) is 13.8 Å². The lowest BCUT2D eigenvalue weighted by Crippen LogP contribution is -2.53. The van der Waals surface area contributed by atoms with Crippen molar-refractivity contribution in [3.8, 4) is 0 Å². The zero-order valence-electron chi connectivity index (χ0n) is 11.0. The van der Waals surface area contributed by atoms with Gasteiger partial charge in [0.2, 0.25) is 0 Å². The zero-order chi connectivity index (χ0) is 12.5. The van der Waals surface area contributed by atoms with Crippen molar-refractivity contribution >= 4 is 9.84 Å². The summed E-state index contributed by atoms with van der Waals surface area (Å²) in [5.41, 5.74) is 0.172. The van der Waals surface area contributed by atoms with Crippen LogP contribution >= 0.6 is 0 Å². The Morgan fingerprint density at radius 1 is 1.18 bits per heavy atom. The molecule has 1 aliphatic heterocycles. The van der Waals surface area contributed by atoms with Crippen molar-refractivity contribution in [3.05, 3.63) is 0 Å². The lowest BCUT2D eigenvalue weighted by molar-refractivity contribution is 0.184. The van der Waals surface area contributed by atoms with Crippen LogP contribution < -0.4 is 5.32 Å². The Bertz CT molecular complexity index is 338. The van der Waals surface area contributed by atoms with Crippen LogP contribution in [0.4, 0.5) is 0 Å². The molecule has 17 heavy (non-hydrogen) atoms. The molecular formula is C13H25NO2S. The molecule has 100 valence electrons. The van der Waals surface area contributed by atoms with E-state index in [4.69, 9.17) is 0 Å². The molecule has 1 heterocycles. The maximum atomic E-state index is 11.3. The lowest BCUT2D eigenvalue weighted by Gasteiger charge is -2.46. The molecule has 0 aromatic carbocycles. The smallest absolute Gasteiger partial charge is 0.151 e. The average Bonchev–Trinajstić information content (AvgIpc) is 2.26. The van der Waals surface area contributed by atoms with Crippen LogP contribution in [0.2, 0.25) is 0 Å². The molecule has 2 aliphatic rings. The summed E-state index contributed by atoms with van der Waals surface area (Å²) in [6.45, 7) is 4.45. The van der Waals surface area contributed by atoms with E-state index < -0.39 is 9.84 Å². The third-order valence-electron chi connectivity index (χ3n) is 4.56. The Balaban J connectivity index is 1.79. The number of hydrogen-bond acceptors (Lipinski definition) is 3. The van der Waals surface area contributed by atoms with Gasteiger partial charge in [-0.15, -0.1) is 0 Å². The molecule has 1 aliphatic carbocycles. The topological polar surface area (TPSA) is 46.2 Å². The van der Waals surface area contributed by atoms with Gasteiger partial charge in [0.05, 0.1) is 11.5 Å². The summed E-state index contributed by atoms with van der Waals surface area (Å²) < 4.78 is 22.6. The van der Waals surface area contributed by atoms with E-state index in [1.54, 1.807) is 0 Å². The van der Waals surface area contributed by atoms with Crippen molar-refractivity contribution in [3.63, 3.8) is 0 Å². The van der Waals surface area contributed by atoms with Gasteiger partial charge >= 0.3 is 0 Å². The van der Waals surface area contributed by atoms with Crippen molar-refractivity contribution in [1.82, 2.24) is 5.32 Å². The lowest BCUT2D eigenvalue weighted by atomic mass is 9.74. The Hall–Kier alpha value is -0.0900. The highest BCUT2D eigenvalue weighted by Crippen LogP contribution is 2.45. The third kappa shape index (κ3) is 3.02. The first-order valence-electron chi connectivity index (χ1n) is 6.95. The van der Waals surface area contributed by atoms with E-state index in [0.29, 0.717) is 23.6 Å². The summed E-state index contributed by atoms with van der Waals surface area (Å²) in [6, 6.07) is 1.26. The van der Waals surface area contributed by atoms with Crippen molar-refractivity contribution in [1.29, 1.82) is 0 Å². The van der Waals surface area contributed by atoms with Crippen LogP contribution in [0.25, 0.3) is 0 Å². The molecule has 2 rings (SSSR count). The van der Waals surface area contributed by atoms with E-state index in [0.717, 1.165) is 25.7 Å². The normalized spacial score (nSPS) is 27.2. The molecule has 0 atom stereocenters. The SMILES string of the molecule is CCC(CC)NC1CCC2(CC1)CS(=O)(=O)C2. The Morgan fingerprint density at radius 3 is 2.12 bits per heavy atom. The van der Waals surface area contributed by atoms with Crippen LogP contribution in [0.5, 0.6) is 0 Å². The molecule has 0 radical (unpaired) electrons. The zero-order valence-corrected chi connectivity index (χ0v) is 11.9. The van der Waals surface area contributed by atoms with Gasteiger partial charge in [-0.3, -0.25) is 0 Å². The van der Waals surface area contributed by atoms with E-state index in [-0.39, 0.29) is 5.41 Å². The van der Waals surface area contributed by atoms with Gasteiger partial charge in [0.25, 0.3) is 0 Å². The molecule has 1 saturated heterocycles. The van der Waals surface area contributed by atoms with Crippen molar-refractivity contribution in [2.24, 2.45) is 5.41 Å². The largest absolute Gasteiger partial charge is 0.311 e. The molecule has 0 unspecified atom stereocenters. The van der Waals surface area contributed by atoms with Crippen LogP contribution in [0.1, 0.15) is 52.4 Å². The second kappa shape index (κ2) is 4.88. The highest BCUT2D eigenvalue weighted by Gasteiger charge is 2.49. The number of rotatable bonds is 4. The molecule has 2 fully saturated rings. The summed E-state index contributed by atoms with van der Waals surface area (Å²) in [5, 5.41) is 3.71. The summed E-state index contributed by atoms with van der Waals surface area (Å²) in [4.78, 5) is 0. The fourth-order valence-corrected chi connectivity index (χ4v) is 5.79. The monoisotopic (exact) mass is 259 g/mol. The van der Waals surface area contributed by atoms with Gasteiger partial charge in [-0.2, -0.15) is 0 Å². The fourth-order valence-electron chi connectivity index (χ4n) is 3.43. The third-order valence-corrected chi connectivity index (χ3v) is 6.66. The van der Waals surface area contributed by atoms with Gasteiger partial charge in [0, 0.05) is 12.1 Å². The number of hydrogen-bond donors (Lipinski definition) is 1. The number of nitrogens with one attached hydrogen (secondary N) is 1. The van der Waals surface area contributed by atoms with Crippen LogP contribution in [0.3, 0.4) is 0 Å². The van der Waals surface area contributed by atoms with E-state index >= 15 is 0 Å². The van der Waals surface area contributed by atoms with E-state index in [2.05, 4.69) is 19.2 Å². The van der Waals surface area contributed by atoms with Crippen molar-refractivity contribution < 1.29 is 8.42 Å². The van der Waals surface area contributed by atoms with Gasteiger partial charge in [-0.25, -0.2) is 8.42 Å². The standard InChI is InChI=1S/C13H25NO2S/c1-3-11(4-2)14-12-5-7-13(8-6-12)9-17(15,16)10-13/h11-12,14H,3-10H2,1-2H3. The molecule has 0 aromatic heterocycles. The minimum Gasteiger partial charge on any atom is -0.311 e. The van der Waals surface area contributed by atoms with E-state index in [9.17, 15) is 8.42 Å². The molecule has 0 bridgehead atoms. The number of sulfone groups is 1. The van der Waals surface area contributed by atoms with Crippen LogP contribution in [-0.4, -0.2) is 32.0 Å². The highest BCUT2D eigenvalue weighted by molar-refractivity contribution is 7.92. The Labute approximate surface area is 105 Å². The quantitative estimate of drug-likeness (QED) is 0.841. The fraction of sp³-hybridized carbons (Fsp3) is 1.00. The first kappa shape index (κ1) is 13.3. The summed E-state index contributed by atoms with van der Waals surface area (Å²) in [7, 11) is -2.66. The second-order valence-corrected chi connectivity index (χ2v) is 8.05. The minimum atomic E-state index is -2.66. The summed E-state index contributed by atoms with van der Waals surface area (Å²) in [6.07, 6.45) is 6.89. The Kier molecular flexibility index (Phi) is 3.83. The van der Waals surface area contributed by atoms with Crippen molar-refractivity contribution in [2.75, 3.05) is 11.5 Å². The molecular weight excluding hydrogens is 234 g/mol. The van der Waals surface area contributed by atoms with Crippen molar-refractivity contribution in [2.45, 2.75) is 64.5 Å². The summed E-state index contributed by atoms with van der Waals surface area (Å²) >= 11 is 0. The molecule has 1 spiro atoms. The minimum absolute atomic E-state index is 0.172. The van der Waals surface area contributed by atoms with Crippen LogP contribution in [-0.2, 0) is 9.84 Å². The maximum Gasteiger partial charge on any atom is 0.151 e. The first-order valence-corrected chi connectivity index (χ1v) is 8.77. The predicted octanol–water partition coefficient (Wildman–Crippen LogP) is 2.12. The molecule has 1 N–H and O–H groups in total. The molecule has 0 aromatic rings. The first-order chi connectivity index (χ1) is 7.99. The molecule has 4 heteroatoms. The van der Waals surface area contributed by atoms with Gasteiger partial charge < -0.3 is 5.32 Å². The van der Waals surface area contributed by atoms with E-state index in [1.807, 2.05) is 0 Å². The van der Waals surface area contributed by atoms with Gasteiger partial charge in [0.1, 0.15) is 0 Å². The van der Waals surface area contributed by atoms with Gasteiger partial charge in [-0.05, 0) is 43.9 Å². The second-order valence-electron chi connectivity index (χ2n) is 5.99. The predicted molar refractivity (Wildman–Crippen MR) is 70.8 cm³/mol. The van der Waals surface area contributed by atoms with Gasteiger partial charge in [0.15, 0.2) is 9.84 Å². The maximum absolute atomic E-state index is 11.3.